The molecule has 14 aromatic carbocycles. The number of anilines is 9. The molecule has 5 nitrogen and oxygen atoms in total. The molecule has 0 N–H and O–H groups in total. The van der Waals surface area contributed by atoms with Crippen molar-refractivity contribution in [2.75, 3.05) is 14.7 Å². The summed E-state index contributed by atoms with van der Waals surface area (Å²) in [5.74, 6) is 0. The topological polar surface area (TPSA) is 19.6 Å². The van der Waals surface area contributed by atoms with Gasteiger partial charge in [-0.05, 0) is 159 Å². The number of hydrogen-bond donors (Lipinski definition) is 0. The molecule has 16 aromatic rings. The van der Waals surface area contributed by atoms with Gasteiger partial charge in [-0.1, -0.05) is 245 Å². The molecule has 18 rings (SSSR count). The van der Waals surface area contributed by atoms with Crippen LogP contribution in [-0.4, -0.2) is 15.8 Å². The molecule has 0 fully saturated rings. The second kappa shape index (κ2) is 21.9. The van der Waals surface area contributed by atoms with E-state index in [-0.39, 0.29) is 46.0 Å². The van der Waals surface area contributed by atoms with Crippen molar-refractivity contribution >= 4 is 118 Å². The first kappa shape index (κ1) is 47.1. The third-order valence-electron chi connectivity index (χ3n) is 19.1. The van der Waals surface area contributed by atoms with Crippen molar-refractivity contribution in [1.82, 2.24) is 9.13 Å². The Bertz CT molecular complexity index is 5930. The first-order chi connectivity index (χ1) is 49.6. The van der Waals surface area contributed by atoms with Crippen LogP contribution < -0.4 is 31.1 Å². The summed E-state index contributed by atoms with van der Waals surface area (Å²) in [4.78, 5) is 7.22. The number of benzene rings is 14. The Labute approximate surface area is 559 Å². The summed E-state index contributed by atoms with van der Waals surface area (Å²) in [5.41, 5.74) is 21.9. The minimum atomic E-state index is -0.496. The van der Waals surface area contributed by atoms with Gasteiger partial charge in [-0.3, -0.25) is 0 Å². The van der Waals surface area contributed by atoms with Crippen LogP contribution in [0, 0.1) is 0 Å². The van der Waals surface area contributed by atoms with Crippen molar-refractivity contribution in [3.05, 3.63) is 339 Å². The van der Waals surface area contributed by atoms with Crippen LogP contribution in [-0.2, 0) is 5.41 Å². The Hall–Kier alpha value is -11.9. The highest BCUT2D eigenvalue weighted by Gasteiger charge is 2.45. The number of aromatic nitrogens is 2. The molecule has 0 spiro atoms. The van der Waals surface area contributed by atoms with Crippen molar-refractivity contribution in [2.45, 2.75) is 26.2 Å². The third-order valence-corrected chi connectivity index (χ3v) is 19.1. The fraction of sp³-hybridized carbons (Fsp3) is 0.0455. The van der Waals surface area contributed by atoms with Crippen LogP contribution in [0.25, 0.3) is 88.4 Å². The van der Waals surface area contributed by atoms with Crippen LogP contribution >= 0.6 is 0 Å². The Balaban J connectivity index is 0.948. The van der Waals surface area contributed by atoms with Gasteiger partial charge in [0.15, 0.2) is 0 Å². The first-order valence-electron chi connectivity index (χ1n) is 36.0. The molecule has 94 heavy (non-hydrogen) atoms. The highest BCUT2D eigenvalue weighted by Crippen LogP contribution is 2.53. The molecule has 0 bridgehead atoms. The SMILES string of the molecule is [2H]c1c([2H])c([2H])c2c(c1[2H])c1c([2H])c([2H])c([2H])c([2H])c1n2-c1ccc2c(c1)N(c1c(-c3ccccc3)cccc1-c1ccccc1)c1cc(C(C)(C)C)cc3c1B2c1ccc(N(c2ccccc2)c2ccc(-n4c5ccccc5c5ccccc54)cc2)cc1N3c1cccc(-c2ccccc2)c1. The van der Waals surface area contributed by atoms with E-state index in [1.54, 1.807) is 4.57 Å². The van der Waals surface area contributed by atoms with Gasteiger partial charge in [0.05, 0.1) is 38.7 Å². The molecule has 0 saturated heterocycles. The molecule has 6 heteroatoms. The van der Waals surface area contributed by atoms with Gasteiger partial charge in [0.1, 0.15) is 0 Å². The van der Waals surface area contributed by atoms with Gasteiger partial charge in [0, 0.05) is 89.5 Å². The van der Waals surface area contributed by atoms with Crippen LogP contribution in [0.15, 0.2) is 333 Å². The molecule has 2 aromatic heterocycles. The second-order valence-electron chi connectivity index (χ2n) is 25.5. The average molecular weight is 1210 g/mol. The van der Waals surface area contributed by atoms with Crippen LogP contribution in [0.1, 0.15) is 37.3 Å². The van der Waals surface area contributed by atoms with Crippen molar-refractivity contribution < 1.29 is 11.0 Å². The van der Waals surface area contributed by atoms with E-state index in [0.29, 0.717) is 5.69 Å². The number of hydrogen-bond acceptors (Lipinski definition) is 3. The van der Waals surface area contributed by atoms with Crippen molar-refractivity contribution in [2.24, 2.45) is 0 Å². The monoisotopic (exact) mass is 1210 g/mol. The maximum absolute atomic E-state index is 9.71. The zero-order chi connectivity index (χ0) is 69.6. The fourth-order valence-corrected chi connectivity index (χ4v) is 14.8. The molecule has 0 amide bonds. The molecule has 2 aliphatic heterocycles. The predicted octanol–water partition coefficient (Wildman–Crippen LogP) is 21.7. The lowest BCUT2D eigenvalue weighted by Crippen LogP contribution is -2.61. The third kappa shape index (κ3) is 8.85. The van der Waals surface area contributed by atoms with E-state index < -0.39 is 36.3 Å². The van der Waals surface area contributed by atoms with E-state index in [9.17, 15) is 5.48 Å². The molecular weight excluding hydrogens is 1140 g/mol. The van der Waals surface area contributed by atoms with E-state index in [0.717, 1.165) is 123 Å². The Morgan fingerprint density at radius 1 is 0.330 bits per heavy atom. The summed E-state index contributed by atoms with van der Waals surface area (Å²) < 4.78 is 78.6. The Morgan fingerprint density at radius 3 is 1.40 bits per heavy atom. The lowest BCUT2D eigenvalue weighted by molar-refractivity contribution is 0.590. The summed E-state index contributed by atoms with van der Waals surface area (Å²) in [6.07, 6.45) is 0. The highest BCUT2D eigenvalue weighted by molar-refractivity contribution is 7.00. The molecule has 2 aliphatic rings. The van der Waals surface area contributed by atoms with Crippen molar-refractivity contribution in [3.63, 3.8) is 0 Å². The molecule has 4 heterocycles. The van der Waals surface area contributed by atoms with Gasteiger partial charge in [-0.2, -0.15) is 0 Å². The number of rotatable bonds is 10. The largest absolute Gasteiger partial charge is 0.311 e. The minimum absolute atomic E-state index is 0.0141. The van der Waals surface area contributed by atoms with Gasteiger partial charge in [0.25, 0.3) is 6.71 Å². The van der Waals surface area contributed by atoms with E-state index in [2.05, 4.69) is 301 Å². The minimum Gasteiger partial charge on any atom is -0.311 e. The zero-order valence-electron chi connectivity index (χ0n) is 59.9. The van der Waals surface area contributed by atoms with Gasteiger partial charge < -0.3 is 23.8 Å². The van der Waals surface area contributed by atoms with E-state index in [1.165, 1.54) is 10.8 Å². The van der Waals surface area contributed by atoms with Crippen LogP contribution in [0.3, 0.4) is 0 Å². The normalized spacial score (nSPS) is 13.8. The summed E-state index contributed by atoms with van der Waals surface area (Å²) in [6, 6.07) is 97.7. The second-order valence-corrected chi connectivity index (χ2v) is 25.5. The lowest BCUT2D eigenvalue weighted by atomic mass is 9.33. The molecule has 0 atom stereocenters. The van der Waals surface area contributed by atoms with Crippen LogP contribution in [0.5, 0.6) is 0 Å². The van der Waals surface area contributed by atoms with E-state index in [4.69, 9.17) is 5.48 Å². The zero-order valence-corrected chi connectivity index (χ0v) is 51.9. The van der Waals surface area contributed by atoms with Gasteiger partial charge in [-0.15, -0.1) is 0 Å². The predicted molar refractivity (Wildman–Crippen MR) is 399 cm³/mol. The molecule has 0 radical (unpaired) electrons. The van der Waals surface area contributed by atoms with E-state index >= 15 is 0 Å². The van der Waals surface area contributed by atoms with Crippen molar-refractivity contribution in [1.29, 1.82) is 0 Å². The molecular formula is C88H64BN5. The fourth-order valence-electron chi connectivity index (χ4n) is 14.8. The smallest absolute Gasteiger partial charge is 0.252 e. The van der Waals surface area contributed by atoms with Gasteiger partial charge in [0.2, 0.25) is 0 Å². The Morgan fingerprint density at radius 2 is 0.798 bits per heavy atom. The maximum Gasteiger partial charge on any atom is 0.252 e. The number of fused-ring (bicyclic) bond motifs is 10. The standard InChI is InChI=1S/C88H64BN5/c1-88(2,3)63-55-84-86-85(56-63)94(87-70(60-28-10-5-11-29-60)40-25-41-71(87)61-30-12-6-13-31-61)83-58-69(92-80-44-22-18-38-74(80)75-39-19-23-45-81(75)92)51-53-77(83)89(86)76-52-50-68(57-82(76)93(84)67-35-24-32-62(54-67)59-26-8-4-9-27-59)90(64-33-14-7-15-34-64)65-46-48-66(49-47-65)91-78-42-20-16-36-72(78)73-37-17-21-43-79(73)91/h4-58H,1-3H3/i18D,19D,22D,23D,38D,39D,44D,45D. The summed E-state index contributed by atoms with van der Waals surface area (Å²) >= 11 is 0. The number of para-hydroxylation sites is 6. The highest BCUT2D eigenvalue weighted by atomic mass is 15.2. The molecule has 0 unspecified atom stereocenters. The summed E-state index contributed by atoms with van der Waals surface area (Å²) in [6.45, 7) is 6.33. The Kier molecular flexibility index (Phi) is 11.0. The molecule has 0 aliphatic carbocycles. The van der Waals surface area contributed by atoms with Gasteiger partial charge in [-0.25, -0.2) is 0 Å². The van der Waals surface area contributed by atoms with Crippen LogP contribution in [0.4, 0.5) is 51.2 Å². The maximum atomic E-state index is 9.71. The molecule has 0 saturated carbocycles. The van der Waals surface area contributed by atoms with Gasteiger partial charge >= 0.3 is 0 Å². The quantitative estimate of drug-likeness (QED) is 0.127. The summed E-state index contributed by atoms with van der Waals surface area (Å²) in [7, 11) is 0. The number of nitrogens with zero attached hydrogens (tertiary/aromatic N) is 5. The summed E-state index contributed by atoms with van der Waals surface area (Å²) in [5, 5.41) is 2.42. The lowest BCUT2D eigenvalue weighted by Gasteiger charge is -2.46. The van der Waals surface area contributed by atoms with Crippen molar-refractivity contribution in [3.8, 4) is 44.8 Å². The van der Waals surface area contributed by atoms with E-state index in [1.807, 2.05) is 24.3 Å². The first-order valence-corrected chi connectivity index (χ1v) is 32.0. The van der Waals surface area contributed by atoms with Crippen LogP contribution in [0.2, 0.25) is 0 Å². The average Bonchev–Trinajstić information content (AvgIpc) is 1.39. The molecule has 444 valence electrons.